The number of nitrogens with one attached hydrogen (secondary N) is 1. The number of rotatable bonds is 6. The van der Waals surface area contributed by atoms with Gasteiger partial charge in [0, 0.05) is 30.9 Å². The maximum atomic E-state index is 12.8. The Hall–Kier alpha value is -2.81. The Labute approximate surface area is 163 Å². The number of nitrogens with zero attached hydrogens (tertiary/aromatic N) is 4. The molecule has 148 valence electrons. The molecule has 2 aromatic heterocycles. The number of amides is 1. The van der Waals surface area contributed by atoms with Crippen molar-refractivity contribution in [2.75, 3.05) is 5.32 Å². The molecule has 0 radical (unpaired) electrons. The van der Waals surface area contributed by atoms with Crippen molar-refractivity contribution in [3.05, 3.63) is 64.6 Å². The topological polar surface area (TPSA) is 64.7 Å². The molecule has 3 rings (SSSR count). The second-order valence-corrected chi connectivity index (χ2v) is 6.68. The lowest BCUT2D eigenvalue weighted by molar-refractivity contribution is -0.137. The fourth-order valence-corrected chi connectivity index (χ4v) is 2.79. The number of benzene rings is 1. The van der Waals surface area contributed by atoms with Gasteiger partial charge in [0.25, 0.3) is 0 Å². The van der Waals surface area contributed by atoms with Crippen molar-refractivity contribution in [3.63, 3.8) is 0 Å². The van der Waals surface area contributed by atoms with Gasteiger partial charge in [-0.15, -0.1) is 0 Å². The summed E-state index contributed by atoms with van der Waals surface area (Å²) in [6.07, 6.45) is -1.12. The number of aromatic nitrogens is 4. The molecule has 0 unspecified atom stereocenters. The predicted molar refractivity (Wildman–Crippen MR) is 98.0 cm³/mol. The summed E-state index contributed by atoms with van der Waals surface area (Å²) in [6, 6.07) is 6.74. The number of aryl methyl sites for hydroxylation is 2. The minimum absolute atomic E-state index is 0.164. The highest BCUT2D eigenvalue weighted by Gasteiger charge is 2.30. The smallest absolute Gasteiger partial charge is 0.309 e. The van der Waals surface area contributed by atoms with E-state index in [9.17, 15) is 18.0 Å². The van der Waals surface area contributed by atoms with Crippen LogP contribution < -0.4 is 5.32 Å². The minimum atomic E-state index is -4.40. The van der Waals surface area contributed by atoms with E-state index in [1.54, 1.807) is 34.6 Å². The van der Waals surface area contributed by atoms with Crippen LogP contribution in [0, 0.1) is 6.92 Å². The number of alkyl halides is 3. The summed E-state index contributed by atoms with van der Waals surface area (Å²) >= 11 is 5.77. The highest BCUT2D eigenvalue weighted by molar-refractivity contribution is 6.30. The summed E-state index contributed by atoms with van der Waals surface area (Å²) in [5.41, 5.74) is 0.475. The van der Waals surface area contributed by atoms with Crippen molar-refractivity contribution >= 4 is 23.3 Å². The van der Waals surface area contributed by atoms with E-state index in [0.29, 0.717) is 28.6 Å². The average molecular weight is 412 g/mol. The van der Waals surface area contributed by atoms with Crippen LogP contribution in [-0.2, 0) is 24.1 Å². The van der Waals surface area contributed by atoms with Gasteiger partial charge in [-0.05, 0) is 24.6 Å². The first kappa shape index (κ1) is 19.9. The highest BCUT2D eigenvalue weighted by Crippen LogP contribution is 2.29. The summed E-state index contributed by atoms with van der Waals surface area (Å²) in [7, 11) is 0. The van der Waals surface area contributed by atoms with E-state index in [0.717, 1.165) is 12.1 Å². The lowest BCUT2D eigenvalue weighted by Crippen LogP contribution is -2.15. The van der Waals surface area contributed by atoms with Crippen LogP contribution in [0.5, 0.6) is 0 Å². The molecular formula is C18H17ClF3N5O. The lowest BCUT2D eigenvalue weighted by atomic mass is 10.1. The Morgan fingerprint density at radius 2 is 2.07 bits per heavy atom. The van der Waals surface area contributed by atoms with Crippen molar-refractivity contribution in [2.45, 2.75) is 32.6 Å². The Morgan fingerprint density at radius 1 is 1.29 bits per heavy atom. The van der Waals surface area contributed by atoms with Gasteiger partial charge in [-0.1, -0.05) is 23.7 Å². The number of carbonyl (C=O) groups excluding carboxylic acids is 1. The molecule has 0 atom stereocenters. The fraction of sp³-hybridized carbons (Fsp3) is 0.278. The van der Waals surface area contributed by atoms with Crippen molar-refractivity contribution in [2.24, 2.45) is 0 Å². The van der Waals surface area contributed by atoms with E-state index in [2.05, 4.69) is 15.5 Å². The molecule has 0 saturated carbocycles. The van der Waals surface area contributed by atoms with Gasteiger partial charge in [0.1, 0.15) is 0 Å². The zero-order valence-electron chi connectivity index (χ0n) is 14.9. The predicted octanol–water partition coefficient (Wildman–Crippen LogP) is 4.14. The van der Waals surface area contributed by atoms with Crippen LogP contribution in [0.3, 0.4) is 0 Å². The van der Waals surface area contributed by atoms with E-state index in [1.807, 2.05) is 0 Å². The Morgan fingerprint density at radius 3 is 2.75 bits per heavy atom. The largest absolute Gasteiger partial charge is 0.416 e. The van der Waals surface area contributed by atoms with Gasteiger partial charge in [0.05, 0.1) is 23.3 Å². The third-order valence-electron chi connectivity index (χ3n) is 4.01. The van der Waals surface area contributed by atoms with Gasteiger partial charge in [-0.3, -0.25) is 14.2 Å². The molecule has 1 N–H and O–H groups in total. The fourth-order valence-electron chi connectivity index (χ4n) is 2.63. The number of anilines is 1. The summed E-state index contributed by atoms with van der Waals surface area (Å²) < 4.78 is 41.6. The van der Waals surface area contributed by atoms with Gasteiger partial charge in [0.2, 0.25) is 5.91 Å². The molecule has 0 fully saturated rings. The van der Waals surface area contributed by atoms with Crippen LogP contribution >= 0.6 is 11.6 Å². The van der Waals surface area contributed by atoms with Crippen LogP contribution in [0.2, 0.25) is 5.02 Å². The molecule has 2 heterocycles. The van der Waals surface area contributed by atoms with Crippen LogP contribution in [0.15, 0.2) is 42.7 Å². The lowest BCUT2D eigenvalue weighted by Gasteiger charge is -2.09. The Balaban J connectivity index is 1.62. The van der Waals surface area contributed by atoms with E-state index in [-0.39, 0.29) is 18.9 Å². The molecule has 28 heavy (non-hydrogen) atoms. The minimum Gasteiger partial charge on any atom is -0.309 e. The van der Waals surface area contributed by atoms with Crippen LogP contribution in [-0.4, -0.2) is 25.5 Å². The van der Waals surface area contributed by atoms with Gasteiger partial charge in [0.15, 0.2) is 5.82 Å². The average Bonchev–Trinajstić information content (AvgIpc) is 3.18. The summed E-state index contributed by atoms with van der Waals surface area (Å²) in [6.45, 7) is 2.29. The third kappa shape index (κ3) is 5.13. The van der Waals surface area contributed by atoms with Crippen molar-refractivity contribution in [3.8, 4) is 0 Å². The Kier molecular flexibility index (Phi) is 5.73. The molecule has 0 aliphatic heterocycles. The number of hydrogen-bond acceptors (Lipinski definition) is 3. The number of carbonyl (C=O) groups is 1. The molecule has 0 saturated heterocycles. The van der Waals surface area contributed by atoms with Gasteiger partial charge >= 0.3 is 6.18 Å². The Bertz CT molecular complexity index is 980. The SMILES string of the molecule is Cc1cc(NC(=O)CCn2cc(Cl)cn2)nn1Cc1cccc(C(F)(F)F)c1. The molecule has 0 bridgehead atoms. The van der Waals surface area contributed by atoms with Crippen molar-refractivity contribution in [1.29, 1.82) is 0 Å². The molecule has 0 spiro atoms. The van der Waals surface area contributed by atoms with E-state index in [1.165, 1.54) is 12.3 Å². The summed E-state index contributed by atoms with van der Waals surface area (Å²) in [5.74, 6) is 0.0864. The quantitative estimate of drug-likeness (QED) is 0.663. The zero-order chi connectivity index (χ0) is 20.3. The summed E-state index contributed by atoms with van der Waals surface area (Å²) in [5, 5.41) is 11.4. The van der Waals surface area contributed by atoms with Crippen molar-refractivity contribution in [1.82, 2.24) is 19.6 Å². The monoisotopic (exact) mass is 411 g/mol. The van der Waals surface area contributed by atoms with E-state index >= 15 is 0 Å². The first-order valence-electron chi connectivity index (χ1n) is 8.39. The van der Waals surface area contributed by atoms with E-state index in [4.69, 9.17) is 11.6 Å². The zero-order valence-corrected chi connectivity index (χ0v) is 15.6. The standard InChI is InChI=1S/C18H17ClF3N5O/c1-12-7-16(24-17(28)5-6-26-11-15(19)9-23-26)25-27(12)10-13-3-2-4-14(8-13)18(20,21)22/h2-4,7-9,11H,5-6,10H2,1H3,(H,24,25,28). The van der Waals surface area contributed by atoms with Crippen LogP contribution in [0.4, 0.5) is 19.0 Å². The van der Waals surface area contributed by atoms with Gasteiger partial charge in [-0.2, -0.15) is 23.4 Å². The molecule has 0 aliphatic carbocycles. The molecule has 3 aromatic rings. The first-order chi connectivity index (χ1) is 13.2. The maximum Gasteiger partial charge on any atom is 0.416 e. The second-order valence-electron chi connectivity index (χ2n) is 6.25. The molecule has 1 amide bonds. The van der Waals surface area contributed by atoms with Crippen molar-refractivity contribution < 1.29 is 18.0 Å². The second kappa shape index (κ2) is 8.05. The highest BCUT2D eigenvalue weighted by atomic mass is 35.5. The van der Waals surface area contributed by atoms with Gasteiger partial charge in [-0.25, -0.2) is 0 Å². The normalized spacial score (nSPS) is 11.6. The third-order valence-corrected chi connectivity index (χ3v) is 4.20. The van der Waals surface area contributed by atoms with Gasteiger partial charge < -0.3 is 5.32 Å². The molecule has 6 nitrogen and oxygen atoms in total. The van der Waals surface area contributed by atoms with E-state index < -0.39 is 11.7 Å². The number of halogens is 4. The molecule has 10 heteroatoms. The van der Waals surface area contributed by atoms with Crippen LogP contribution in [0.1, 0.15) is 23.2 Å². The molecule has 0 aliphatic rings. The first-order valence-corrected chi connectivity index (χ1v) is 8.77. The molecular weight excluding hydrogens is 395 g/mol. The molecule has 1 aromatic carbocycles. The number of hydrogen-bond donors (Lipinski definition) is 1. The summed E-state index contributed by atoms with van der Waals surface area (Å²) in [4.78, 5) is 12.1. The van der Waals surface area contributed by atoms with Crippen LogP contribution in [0.25, 0.3) is 0 Å². The maximum absolute atomic E-state index is 12.8.